The van der Waals surface area contributed by atoms with Crippen molar-refractivity contribution in [3.8, 4) is 11.5 Å². The predicted octanol–water partition coefficient (Wildman–Crippen LogP) is 2.21. The number of aromatic hydroxyl groups is 2. The van der Waals surface area contributed by atoms with Crippen LogP contribution in [-0.2, 0) is 0 Å². The average Bonchev–Trinajstić information content (AvgIpc) is 2.10. The van der Waals surface area contributed by atoms with Gasteiger partial charge in [0.15, 0.2) is 11.5 Å². The lowest BCUT2D eigenvalue weighted by Gasteiger charge is -2.05. The van der Waals surface area contributed by atoms with Crippen molar-refractivity contribution in [2.24, 2.45) is 4.99 Å². The SMILES string of the molecule is C=Cc1c(F)cc(O)c(O)c1N=C. The number of aliphatic imine (C=N–C) groups is 1. The predicted molar refractivity (Wildman–Crippen MR) is 49.0 cm³/mol. The molecule has 1 aromatic carbocycles. The second-order valence-electron chi connectivity index (χ2n) is 2.35. The normalized spacial score (nSPS) is 9.62. The molecule has 13 heavy (non-hydrogen) atoms. The molecule has 3 nitrogen and oxygen atoms in total. The molecule has 1 aromatic rings. The van der Waals surface area contributed by atoms with E-state index in [-0.39, 0.29) is 11.3 Å². The maximum absolute atomic E-state index is 13.0. The minimum atomic E-state index is -0.701. The van der Waals surface area contributed by atoms with Crippen molar-refractivity contribution in [3.05, 3.63) is 24.0 Å². The molecule has 0 heterocycles. The van der Waals surface area contributed by atoms with E-state index < -0.39 is 17.3 Å². The van der Waals surface area contributed by atoms with Gasteiger partial charge < -0.3 is 10.2 Å². The van der Waals surface area contributed by atoms with E-state index in [0.29, 0.717) is 0 Å². The summed E-state index contributed by atoms with van der Waals surface area (Å²) < 4.78 is 13.0. The van der Waals surface area contributed by atoms with E-state index in [2.05, 4.69) is 18.3 Å². The Morgan fingerprint density at radius 2 is 2.08 bits per heavy atom. The third-order valence-corrected chi connectivity index (χ3v) is 1.61. The second kappa shape index (κ2) is 3.26. The van der Waals surface area contributed by atoms with Gasteiger partial charge >= 0.3 is 0 Å². The number of phenols is 2. The average molecular weight is 181 g/mol. The number of hydrogen-bond donors (Lipinski definition) is 2. The first-order valence-electron chi connectivity index (χ1n) is 3.45. The van der Waals surface area contributed by atoms with Gasteiger partial charge in [-0.1, -0.05) is 12.7 Å². The van der Waals surface area contributed by atoms with Crippen molar-refractivity contribution in [1.29, 1.82) is 0 Å². The van der Waals surface area contributed by atoms with Crippen molar-refractivity contribution >= 4 is 18.5 Å². The molecule has 4 heteroatoms. The minimum Gasteiger partial charge on any atom is -0.504 e. The highest BCUT2D eigenvalue weighted by molar-refractivity contribution is 5.74. The Balaban J connectivity index is 3.59. The third kappa shape index (κ3) is 1.38. The largest absolute Gasteiger partial charge is 0.504 e. The standard InChI is InChI=1S/C9H8FNO2/c1-3-5-6(10)4-7(12)9(13)8(5)11-2/h3-4,12-13H,1-2H2. The Morgan fingerprint density at radius 1 is 1.46 bits per heavy atom. The maximum atomic E-state index is 13.0. The first-order valence-corrected chi connectivity index (χ1v) is 3.45. The quantitative estimate of drug-likeness (QED) is 0.542. The van der Waals surface area contributed by atoms with Gasteiger partial charge in [-0.25, -0.2) is 4.39 Å². The van der Waals surface area contributed by atoms with E-state index in [9.17, 15) is 9.50 Å². The molecule has 0 fully saturated rings. The smallest absolute Gasteiger partial charge is 0.184 e. The lowest BCUT2D eigenvalue weighted by Crippen LogP contribution is -1.84. The van der Waals surface area contributed by atoms with Crippen LogP contribution in [0.4, 0.5) is 10.1 Å². The van der Waals surface area contributed by atoms with Crippen LogP contribution < -0.4 is 0 Å². The number of hydrogen-bond acceptors (Lipinski definition) is 3. The van der Waals surface area contributed by atoms with Gasteiger partial charge in [0.1, 0.15) is 11.5 Å². The van der Waals surface area contributed by atoms with Crippen LogP contribution in [0.3, 0.4) is 0 Å². The monoisotopic (exact) mass is 181 g/mol. The Labute approximate surface area is 74.5 Å². The van der Waals surface area contributed by atoms with E-state index in [1.54, 1.807) is 0 Å². The summed E-state index contributed by atoms with van der Waals surface area (Å²) in [4.78, 5) is 3.39. The molecule has 0 unspecified atom stereocenters. The van der Waals surface area contributed by atoms with Crippen LogP contribution in [0.1, 0.15) is 5.56 Å². The molecule has 0 amide bonds. The topological polar surface area (TPSA) is 52.8 Å². The molecule has 68 valence electrons. The molecule has 0 bridgehead atoms. The first-order chi connectivity index (χ1) is 6.11. The van der Waals surface area contributed by atoms with E-state index in [1.807, 2.05) is 0 Å². The summed E-state index contributed by atoms with van der Waals surface area (Å²) in [7, 11) is 0. The van der Waals surface area contributed by atoms with Gasteiger partial charge in [-0.3, -0.25) is 4.99 Å². The minimum absolute atomic E-state index is 0.0188. The van der Waals surface area contributed by atoms with Crippen LogP contribution in [0.5, 0.6) is 11.5 Å². The molecule has 0 aliphatic carbocycles. The number of nitrogens with zero attached hydrogens (tertiary/aromatic N) is 1. The highest BCUT2D eigenvalue weighted by atomic mass is 19.1. The van der Waals surface area contributed by atoms with Gasteiger partial charge in [0.2, 0.25) is 0 Å². The summed E-state index contributed by atoms with van der Waals surface area (Å²) in [6.45, 7) is 6.50. The van der Waals surface area contributed by atoms with Crippen LogP contribution in [0.25, 0.3) is 6.08 Å². The molecule has 0 aliphatic heterocycles. The molecule has 0 atom stereocenters. The van der Waals surface area contributed by atoms with Gasteiger partial charge in [0.25, 0.3) is 0 Å². The number of phenolic OH excluding ortho intramolecular Hbond substituents is 2. The van der Waals surface area contributed by atoms with Crippen LogP contribution in [0.15, 0.2) is 17.6 Å². The summed E-state index contributed by atoms with van der Waals surface area (Å²) in [6.07, 6.45) is 1.19. The van der Waals surface area contributed by atoms with Crippen molar-refractivity contribution in [3.63, 3.8) is 0 Å². The first kappa shape index (κ1) is 9.25. The summed E-state index contributed by atoms with van der Waals surface area (Å²) in [5.74, 6) is -1.76. The zero-order valence-corrected chi connectivity index (χ0v) is 6.79. The van der Waals surface area contributed by atoms with E-state index in [1.165, 1.54) is 6.08 Å². The van der Waals surface area contributed by atoms with Gasteiger partial charge in [0.05, 0.1) is 0 Å². The summed E-state index contributed by atoms with van der Waals surface area (Å²) in [6, 6.07) is 0.793. The molecular weight excluding hydrogens is 173 g/mol. The molecule has 0 aromatic heterocycles. The maximum Gasteiger partial charge on any atom is 0.184 e. The fraction of sp³-hybridized carbons (Fsp3) is 0. The Morgan fingerprint density at radius 3 is 2.54 bits per heavy atom. The van der Waals surface area contributed by atoms with E-state index in [0.717, 1.165) is 6.07 Å². The molecule has 0 saturated heterocycles. The van der Waals surface area contributed by atoms with Crippen LogP contribution in [0, 0.1) is 5.82 Å². The number of rotatable bonds is 2. The summed E-state index contributed by atoms with van der Waals surface area (Å²) in [5, 5.41) is 18.3. The zero-order chi connectivity index (χ0) is 10.0. The lowest BCUT2D eigenvalue weighted by atomic mass is 10.1. The zero-order valence-electron chi connectivity index (χ0n) is 6.79. The highest BCUT2D eigenvalue weighted by Gasteiger charge is 2.13. The van der Waals surface area contributed by atoms with Gasteiger partial charge in [-0.05, 0) is 6.72 Å². The molecule has 0 spiro atoms. The summed E-state index contributed by atoms with van der Waals surface area (Å²) >= 11 is 0. The molecule has 2 N–H and O–H groups in total. The fourth-order valence-corrected chi connectivity index (χ4v) is 0.982. The van der Waals surface area contributed by atoms with Crippen molar-refractivity contribution in [2.45, 2.75) is 0 Å². The number of benzene rings is 1. The fourth-order valence-electron chi connectivity index (χ4n) is 0.982. The van der Waals surface area contributed by atoms with E-state index in [4.69, 9.17) is 5.11 Å². The van der Waals surface area contributed by atoms with Gasteiger partial charge in [0, 0.05) is 11.6 Å². The number of halogens is 1. The molecule has 0 aliphatic rings. The van der Waals surface area contributed by atoms with Crippen LogP contribution in [0.2, 0.25) is 0 Å². The van der Waals surface area contributed by atoms with Crippen molar-refractivity contribution < 1.29 is 14.6 Å². The van der Waals surface area contributed by atoms with Crippen molar-refractivity contribution in [1.82, 2.24) is 0 Å². The second-order valence-corrected chi connectivity index (χ2v) is 2.35. The Kier molecular flexibility index (Phi) is 2.32. The lowest BCUT2D eigenvalue weighted by molar-refractivity contribution is 0.401. The van der Waals surface area contributed by atoms with Crippen molar-refractivity contribution in [2.75, 3.05) is 0 Å². The third-order valence-electron chi connectivity index (χ3n) is 1.61. The molecular formula is C9H8FNO2. The highest BCUT2D eigenvalue weighted by Crippen LogP contribution is 2.40. The van der Waals surface area contributed by atoms with Gasteiger partial charge in [-0.15, -0.1) is 0 Å². The molecule has 1 rings (SSSR count). The van der Waals surface area contributed by atoms with Crippen LogP contribution in [-0.4, -0.2) is 16.9 Å². The van der Waals surface area contributed by atoms with E-state index >= 15 is 0 Å². The Bertz CT molecular complexity index is 374. The van der Waals surface area contributed by atoms with Crippen LogP contribution >= 0.6 is 0 Å². The van der Waals surface area contributed by atoms with Gasteiger partial charge in [-0.2, -0.15) is 0 Å². The molecule has 0 radical (unpaired) electrons. The summed E-state index contributed by atoms with van der Waals surface area (Å²) in [5.41, 5.74) is -0.0854. The molecule has 0 saturated carbocycles. The Hall–Kier alpha value is -1.84.